The number of nitrogens with one attached hydrogen (secondary N) is 1. The first-order chi connectivity index (χ1) is 5.63. The molecule has 3 nitrogen and oxygen atoms in total. The summed E-state index contributed by atoms with van der Waals surface area (Å²) in [6, 6.07) is 0. The number of allylic oxidation sites excluding steroid dienone is 2. The van der Waals surface area contributed by atoms with Gasteiger partial charge in [-0.1, -0.05) is 0 Å². The van der Waals surface area contributed by atoms with Gasteiger partial charge in [0.1, 0.15) is 0 Å². The van der Waals surface area contributed by atoms with Crippen LogP contribution in [0.2, 0.25) is 0 Å². The van der Waals surface area contributed by atoms with E-state index in [1.807, 2.05) is 26.0 Å². The third kappa shape index (κ3) is 1.87. The standard InChI is InChI=1S/C9H13NO2/c1-6-4-8(9(11)12-3)5-7(2)10-6/h4-5,8,10H,1-3H3. The van der Waals surface area contributed by atoms with Gasteiger partial charge in [-0.05, 0) is 26.0 Å². The Morgan fingerprint density at radius 1 is 1.42 bits per heavy atom. The summed E-state index contributed by atoms with van der Waals surface area (Å²) in [5, 5.41) is 3.10. The molecule has 0 saturated carbocycles. The minimum Gasteiger partial charge on any atom is -0.468 e. The highest BCUT2D eigenvalue weighted by Gasteiger charge is 2.17. The van der Waals surface area contributed by atoms with Crippen LogP contribution >= 0.6 is 0 Å². The van der Waals surface area contributed by atoms with E-state index in [2.05, 4.69) is 10.1 Å². The summed E-state index contributed by atoms with van der Waals surface area (Å²) in [6.07, 6.45) is 3.69. The Labute approximate surface area is 72.1 Å². The summed E-state index contributed by atoms with van der Waals surface area (Å²) in [6.45, 7) is 3.85. The van der Waals surface area contributed by atoms with Gasteiger partial charge in [-0.3, -0.25) is 4.79 Å². The lowest BCUT2D eigenvalue weighted by Gasteiger charge is -2.16. The zero-order chi connectivity index (χ0) is 9.14. The lowest BCUT2D eigenvalue weighted by molar-refractivity contribution is -0.142. The molecule has 66 valence electrons. The lowest BCUT2D eigenvalue weighted by Crippen LogP contribution is -2.21. The van der Waals surface area contributed by atoms with Gasteiger partial charge in [0.15, 0.2) is 0 Å². The van der Waals surface area contributed by atoms with Crippen molar-refractivity contribution in [1.29, 1.82) is 0 Å². The van der Waals surface area contributed by atoms with Gasteiger partial charge in [-0.2, -0.15) is 0 Å². The molecule has 0 aromatic rings. The fourth-order valence-electron chi connectivity index (χ4n) is 1.25. The van der Waals surface area contributed by atoms with Gasteiger partial charge >= 0.3 is 5.97 Å². The van der Waals surface area contributed by atoms with Gasteiger partial charge in [0, 0.05) is 11.4 Å². The summed E-state index contributed by atoms with van der Waals surface area (Å²) in [5.41, 5.74) is 1.98. The zero-order valence-electron chi connectivity index (χ0n) is 7.55. The molecule has 1 aliphatic heterocycles. The van der Waals surface area contributed by atoms with Crippen molar-refractivity contribution in [3.8, 4) is 0 Å². The summed E-state index contributed by atoms with van der Waals surface area (Å²) in [7, 11) is 1.40. The van der Waals surface area contributed by atoms with Crippen molar-refractivity contribution in [3.05, 3.63) is 23.5 Å². The maximum Gasteiger partial charge on any atom is 0.316 e. The van der Waals surface area contributed by atoms with E-state index in [9.17, 15) is 4.79 Å². The molecule has 0 radical (unpaired) electrons. The molecule has 0 atom stereocenters. The van der Waals surface area contributed by atoms with E-state index in [-0.39, 0.29) is 11.9 Å². The molecule has 12 heavy (non-hydrogen) atoms. The average Bonchev–Trinajstić information content (AvgIpc) is 2.01. The van der Waals surface area contributed by atoms with Crippen LogP contribution in [0.5, 0.6) is 0 Å². The molecule has 0 bridgehead atoms. The number of dihydropyridines is 1. The van der Waals surface area contributed by atoms with Gasteiger partial charge in [-0.25, -0.2) is 0 Å². The average molecular weight is 167 g/mol. The first-order valence-corrected chi connectivity index (χ1v) is 3.85. The Bertz CT molecular complexity index is 235. The number of hydrogen-bond acceptors (Lipinski definition) is 3. The largest absolute Gasteiger partial charge is 0.468 e. The van der Waals surface area contributed by atoms with Crippen molar-refractivity contribution >= 4 is 5.97 Å². The monoisotopic (exact) mass is 167 g/mol. The maximum atomic E-state index is 11.1. The Hall–Kier alpha value is -1.25. The van der Waals surface area contributed by atoms with E-state index in [0.29, 0.717) is 0 Å². The number of ether oxygens (including phenoxy) is 1. The predicted octanol–water partition coefficient (Wildman–Crippen LogP) is 1.19. The predicted molar refractivity (Wildman–Crippen MR) is 46.2 cm³/mol. The van der Waals surface area contributed by atoms with Crippen LogP contribution in [-0.2, 0) is 9.53 Å². The second-order valence-corrected chi connectivity index (χ2v) is 2.87. The first-order valence-electron chi connectivity index (χ1n) is 3.85. The van der Waals surface area contributed by atoms with Crippen molar-refractivity contribution in [2.24, 2.45) is 5.92 Å². The highest BCUT2D eigenvalue weighted by molar-refractivity contribution is 5.77. The van der Waals surface area contributed by atoms with Crippen LogP contribution in [0.4, 0.5) is 0 Å². The maximum absolute atomic E-state index is 11.1. The zero-order valence-corrected chi connectivity index (χ0v) is 7.55. The van der Waals surface area contributed by atoms with Crippen molar-refractivity contribution in [3.63, 3.8) is 0 Å². The molecule has 0 amide bonds. The number of rotatable bonds is 1. The molecule has 0 aromatic carbocycles. The Morgan fingerprint density at radius 3 is 2.33 bits per heavy atom. The second-order valence-electron chi connectivity index (χ2n) is 2.87. The fourth-order valence-corrected chi connectivity index (χ4v) is 1.25. The molecule has 1 rings (SSSR count). The van der Waals surface area contributed by atoms with Crippen LogP contribution in [0.15, 0.2) is 23.5 Å². The third-order valence-electron chi connectivity index (χ3n) is 1.73. The summed E-state index contributed by atoms with van der Waals surface area (Å²) < 4.78 is 4.63. The van der Waals surface area contributed by atoms with E-state index in [0.717, 1.165) is 11.4 Å². The highest BCUT2D eigenvalue weighted by Crippen LogP contribution is 2.14. The molecule has 1 aliphatic rings. The summed E-state index contributed by atoms with van der Waals surface area (Å²) in [4.78, 5) is 11.1. The number of esters is 1. The van der Waals surface area contributed by atoms with Gasteiger partial charge < -0.3 is 10.1 Å². The number of methoxy groups -OCH3 is 1. The van der Waals surface area contributed by atoms with E-state index < -0.39 is 0 Å². The molecule has 0 fully saturated rings. The molecule has 1 heterocycles. The molecule has 0 spiro atoms. The number of carbonyl (C=O) groups excluding carboxylic acids is 1. The van der Waals surface area contributed by atoms with E-state index >= 15 is 0 Å². The van der Waals surface area contributed by atoms with Crippen LogP contribution in [0.25, 0.3) is 0 Å². The molecule has 0 aliphatic carbocycles. The summed E-state index contributed by atoms with van der Waals surface area (Å²) in [5.74, 6) is -0.438. The molecule has 1 N–H and O–H groups in total. The van der Waals surface area contributed by atoms with Crippen LogP contribution in [0.3, 0.4) is 0 Å². The molecule has 0 aromatic heterocycles. The lowest BCUT2D eigenvalue weighted by atomic mass is 10.0. The Morgan fingerprint density at radius 2 is 1.92 bits per heavy atom. The van der Waals surface area contributed by atoms with E-state index in [1.165, 1.54) is 7.11 Å². The minimum absolute atomic E-state index is 0.213. The third-order valence-corrected chi connectivity index (χ3v) is 1.73. The van der Waals surface area contributed by atoms with Gasteiger partial charge in [-0.15, -0.1) is 0 Å². The Balaban J connectivity index is 2.77. The van der Waals surface area contributed by atoms with Gasteiger partial charge in [0.25, 0.3) is 0 Å². The van der Waals surface area contributed by atoms with E-state index in [4.69, 9.17) is 0 Å². The van der Waals surface area contributed by atoms with Crippen LogP contribution < -0.4 is 5.32 Å². The topological polar surface area (TPSA) is 38.3 Å². The minimum atomic E-state index is -0.226. The van der Waals surface area contributed by atoms with Gasteiger partial charge in [0.05, 0.1) is 13.0 Å². The SMILES string of the molecule is COC(=O)C1C=C(C)NC(C)=C1. The van der Waals surface area contributed by atoms with Crippen molar-refractivity contribution in [2.75, 3.05) is 7.11 Å². The quantitative estimate of drug-likeness (QED) is 0.596. The molecule has 3 heteroatoms. The van der Waals surface area contributed by atoms with Crippen LogP contribution in [0, 0.1) is 5.92 Å². The molecular formula is C9H13NO2. The molecular weight excluding hydrogens is 154 g/mol. The second kappa shape index (κ2) is 3.43. The normalized spacial score (nSPS) is 17.6. The Kier molecular flexibility index (Phi) is 2.53. The number of carbonyl (C=O) groups is 1. The van der Waals surface area contributed by atoms with Crippen molar-refractivity contribution in [1.82, 2.24) is 5.32 Å². The van der Waals surface area contributed by atoms with Gasteiger partial charge in [0.2, 0.25) is 0 Å². The van der Waals surface area contributed by atoms with Crippen LogP contribution in [0.1, 0.15) is 13.8 Å². The number of hydrogen-bond donors (Lipinski definition) is 1. The smallest absolute Gasteiger partial charge is 0.316 e. The summed E-state index contributed by atoms with van der Waals surface area (Å²) >= 11 is 0. The molecule has 0 unspecified atom stereocenters. The highest BCUT2D eigenvalue weighted by atomic mass is 16.5. The van der Waals surface area contributed by atoms with Crippen molar-refractivity contribution < 1.29 is 9.53 Å². The van der Waals surface area contributed by atoms with Crippen molar-refractivity contribution in [2.45, 2.75) is 13.8 Å². The molecule has 0 saturated heterocycles. The van der Waals surface area contributed by atoms with E-state index in [1.54, 1.807) is 0 Å². The first kappa shape index (κ1) is 8.84. The van der Waals surface area contributed by atoms with Crippen LogP contribution in [-0.4, -0.2) is 13.1 Å². The fraction of sp³-hybridized carbons (Fsp3) is 0.444.